The molecule has 0 aliphatic carbocycles. The molecule has 0 saturated carbocycles. The second-order valence-corrected chi connectivity index (χ2v) is 3.26. The van der Waals surface area contributed by atoms with E-state index in [1.54, 1.807) is 3.22 Å². The van der Waals surface area contributed by atoms with Crippen molar-refractivity contribution in [2.24, 2.45) is 10.3 Å². The summed E-state index contributed by atoms with van der Waals surface area (Å²) in [6.07, 6.45) is 1.11. The van der Waals surface area contributed by atoms with Crippen molar-refractivity contribution in [2.45, 2.75) is 19.5 Å². The van der Waals surface area contributed by atoms with Crippen molar-refractivity contribution < 1.29 is 0 Å². The fourth-order valence-electron chi connectivity index (χ4n) is 0.477. The molecule has 0 heterocycles. The predicted molar refractivity (Wildman–Crippen MR) is 49.8 cm³/mol. The maximum atomic E-state index is 3.99. The molecule has 0 aromatic carbocycles. The summed E-state index contributed by atoms with van der Waals surface area (Å²) in [7, 11) is 3.72. The van der Waals surface area contributed by atoms with Crippen LogP contribution in [0.1, 0.15) is 13.3 Å². The van der Waals surface area contributed by atoms with Gasteiger partial charge in [0.05, 0.1) is 22.9 Å². The first kappa shape index (κ1) is 10.1. The molecule has 4 nitrogen and oxygen atoms in total. The summed E-state index contributed by atoms with van der Waals surface area (Å²) in [6.45, 7) is 2.06. The SMILES string of the molecule is CCC(N=NN(C)I)NC. The van der Waals surface area contributed by atoms with Gasteiger partial charge in [-0.3, -0.25) is 5.32 Å². The average molecular weight is 256 g/mol. The average Bonchev–Trinajstić information content (AvgIpc) is 1.90. The number of nitrogens with zero attached hydrogens (tertiary/aromatic N) is 3. The Hall–Kier alpha value is 0.0900. The third-order valence-electron chi connectivity index (χ3n) is 1.03. The lowest BCUT2D eigenvalue weighted by molar-refractivity contribution is 0.487. The van der Waals surface area contributed by atoms with Crippen LogP contribution in [0.3, 0.4) is 0 Å². The smallest absolute Gasteiger partial charge is 0.122 e. The highest BCUT2D eigenvalue weighted by atomic mass is 127. The van der Waals surface area contributed by atoms with Gasteiger partial charge in [-0.05, 0) is 13.5 Å². The molecule has 0 radical (unpaired) electrons. The van der Waals surface area contributed by atoms with E-state index in [0.29, 0.717) is 0 Å². The van der Waals surface area contributed by atoms with E-state index >= 15 is 0 Å². The van der Waals surface area contributed by atoms with Gasteiger partial charge in [-0.1, -0.05) is 12.1 Å². The summed E-state index contributed by atoms with van der Waals surface area (Å²) >= 11 is 2.05. The highest BCUT2D eigenvalue weighted by molar-refractivity contribution is 14.1. The Kier molecular flexibility index (Phi) is 5.90. The molecule has 10 heavy (non-hydrogen) atoms. The maximum absolute atomic E-state index is 3.99. The molecule has 0 amide bonds. The second-order valence-electron chi connectivity index (χ2n) is 1.86. The van der Waals surface area contributed by atoms with Crippen molar-refractivity contribution in [3.63, 3.8) is 0 Å². The Balaban J connectivity index is 3.61. The van der Waals surface area contributed by atoms with E-state index in [4.69, 9.17) is 0 Å². The molecule has 0 aliphatic rings. The van der Waals surface area contributed by atoms with Gasteiger partial charge in [-0.25, -0.2) is 3.22 Å². The minimum Gasteiger partial charge on any atom is -0.297 e. The number of hydrogen-bond donors (Lipinski definition) is 1. The van der Waals surface area contributed by atoms with E-state index in [9.17, 15) is 0 Å². The molecule has 60 valence electrons. The molecule has 0 rings (SSSR count). The monoisotopic (exact) mass is 256 g/mol. The van der Waals surface area contributed by atoms with Crippen LogP contribution in [0.2, 0.25) is 0 Å². The van der Waals surface area contributed by atoms with Crippen LogP contribution < -0.4 is 5.32 Å². The van der Waals surface area contributed by atoms with Crippen molar-refractivity contribution in [1.82, 2.24) is 8.54 Å². The number of halogens is 1. The van der Waals surface area contributed by atoms with E-state index in [0.717, 1.165) is 6.42 Å². The zero-order valence-corrected chi connectivity index (χ0v) is 8.66. The van der Waals surface area contributed by atoms with Crippen molar-refractivity contribution in [2.75, 3.05) is 14.1 Å². The van der Waals surface area contributed by atoms with Gasteiger partial charge in [0.25, 0.3) is 0 Å². The third kappa shape index (κ3) is 4.92. The maximum Gasteiger partial charge on any atom is 0.122 e. The molecule has 1 unspecified atom stereocenters. The summed E-state index contributed by atoms with van der Waals surface area (Å²) in [5.41, 5.74) is 0. The first-order valence-corrected chi connectivity index (χ1v) is 4.14. The topological polar surface area (TPSA) is 40.0 Å². The van der Waals surface area contributed by atoms with Crippen LogP contribution in [0.5, 0.6) is 0 Å². The van der Waals surface area contributed by atoms with Crippen LogP contribution in [0.4, 0.5) is 0 Å². The molecule has 5 heteroatoms. The standard InChI is InChI=1S/C5H13IN4/c1-4-5(7-2)8-9-10(3)6/h5,7H,4H2,1-3H3. The predicted octanol–water partition coefficient (Wildman–Crippen LogP) is 1.59. The van der Waals surface area contributed by atoms with Crippen LogP contribution >= 0.6 is 22.9 Å². The lowest BCUT2D eigenvalue weighted by Crippen LogP contribution is -2.21. The lowest BCUT2D eigenvalue weighted by atomic mass is 10.4. The van der Waals surface area contributed by atoms with Gasteiger partial charge in [0, 0.05) is 7.05 Å². The Labute approximate surface area is 75.5 Å². The van der Waals surface area contributed by atoms with Gasteiger partial charge in [-0.15, -0.1) is 0 Å². The first-order chi connectivity index (χ1) is 4.70. The summed E-state index contributed by atoms with van der Waals surface area (Å²) in [6, 6.07) is 0. The Morgan fingerprint density at radius 3 is 2.60 bits per heavy atom. The van der Waals surface area contributed by atoms with Crippen LogP contribution in [-0.4, -0.2) is 23.5 Å². The van der Waals surface area contributed by atoms with Crippen molar-refractivity contribution in [3.8, 4) is 0 Å². The molecule has 0 aliphatic heterocycles. The minimum atomic E-state index is 0.150. The van der Waals surface area contributed by atoms with Gasteiger partial charge >= 0.3 is 0 Å². The van der Waals surface area contributed by atoms with Crippen molar-refractivity contribution in [3.05, 3.63) is 0 Å². The summed E-state index contributed by atoms with van der Waals surface area (Å²) < 4.78 is 1.65. The molecule has 1 atom stereocenters. The second kappa shape index (κ2) is 5.84. The first-order valence-electron chi connectivity index (χ1n) is 3.18. The number of nitrogens with one attached hydrogen (secondary N) is 1. The van der Waals surface area contributed by atoms with Gasteiger partial charge < -0.3 is 0 Å². The normalized spacial score (nSPS) is 14.0. The molecule has 1 N–H and O–H groups in total. The lowest BCUT2D eigenvalue weighted by Gasteiger charge is -2.06. The number of hydrogen-bond acceptors (Lipinski definition) is 3. The molecule has 0 aromatic rings. The van der Waals surface area contributed by atoms with Gasteiger partial charge in [0.1, 0.15) is 6.17 Å². The molecular formula is C5H13IN4. The largest absolute Gasteiger partial charge is 0.297 e. The van der Waals surface area contributed by atoms with E-state index in [-0.39, 0.29) is 6.17 Å². The Bertz CT molecular complexity index is 99.8. The summed E-state index contributed by atoms with van der Waals surface area (Å²) in [5.74, 6) is 0. The molecule has 0 aromatic heterocycles. The minimum absolute atomic E-state index is 0.150. The summed E-state index contributed by atoms with van der Waals surface area (Å²) in [4.78, 5) is 0. The van der Waals surface area contributed by atoms with E-state index in [2.05, 4.69) is 45.4 Å². The number of rotatable bonds is 4. The van der Waals surface area contributed by atoms with Crippen molar-refractivity contribution >= 4 is 22.9 Å². The van der Waals surface area contributed by atoms with Crippen LogP contribution in [0.15, 0.2) is 10.3 Å². The highest BCUT2D eigenvalue weighted by Crippen LogP contribution is 1.98. The van der Waals surface area contributed by atoms with Crippen LogP contribution in [0, 0.1) is 0 Å². The quantitative estimate of drug-likeness (QED) is 0.359. The molecular weight excluding hydrogens is 243 g/mol. The van der Waals surface area contributed by atoms with Gasteiger partial charge in [-0.2, -0.15) is 5.11 Å². The molecule has 0 saturated heterocycles. The molecule has 0 spiro atoms. The highest BCUT2D eigenvalue weighted by Gasteiger charge is 1.97. The van der Waals surface area contributed by atoms with Crippen molar-refractivity contribution in [1.29, 1.82) is 0 Å². The van der Waals surface area contributed by atoms with Crippen LogP contribution in [-0.2, 0) is 0 Å². The van der Waals surface area contributed by atoms with E-state index in [1.165, 1.54) is 0 Å². The third-order valence-corrected chi connectivity index (χ3v) is 1.23. The fraction of sp³-hybridized carbons (Fsp3) is 1.00. The van der Waals surface area contributed by atoms with Gasteiger partial charge in [0.15, 0.2) is 0 Å². The zero-order valence-electron chi connectivity index (χ0n) is 6.50. The van der Waals surface area contributed by atoms with Gasteiger partial charge in [0.2, 0.25) is 0 Å². The molecule has 0 bridgehead atoms. The van der Waals surface area contributed by atoms with Crippen LogP contribution in [0.25, 0.3) is 0 Å². The van der Waals surface area contributed by atoms with E-state index < -0.39 is 0 Å². The van der Waals surface area contributed by atoms with E-state index in [1.807, 2.05) is 14.1 Å². The zero-order chi connectivity index (χ0) is 7.98. The Morgan fingerprint density at radius 2 is 2.30 bits per heavy atom. The fourth-order valence-corrected chi connectivity index (χ4v) is 0.588. The summed E-state index contributed by atoms with van der Waals surface area (Å²) in [5, 5.41) is 10.9. The molecule has 0 fully saturated rings. The Morgan fingerprint density at radius 1 is 1.70 bits per heavy atom.